The molecule has 1 aromatic rings. The number of hydrogen-bond donors (Lipinski definition) is 1. The Hall–Kier alpha value is -1.06. The standard InChI is InChI=1S/C15H24N2O/c1-3-17-9-8-13(12-17)10-16-11-14-6-4-5-7-15(14)18-2/h4-7,13,16H,3,8-12H2,1-2H3. The summed E-state index contributed by atoms with van der Waals surface area (Å²) in [6.07, 6.45) is 1.33. The Morgan fingerprint density at radius 2 is 2.22 bits per heavy atom. The molecule has 100 valence electrons. The van der Waals surface area contributed by atoms with E-state index in [4.69, 9.17) is 4.74 Å². The minimum Gasteiger partial charge on any atom is -0.496 e. The van der Waals surface area contributed by atoms with Gasteiger partial charge in [-0.1, -0.05) is 25.1 Å². The Labute approximate surface area is 110 Å². The fourth-order valence-electron chi connectivity index (χ4n) is 2.63. The maximum atomic E-state index is 5.35. The number of hydrogen-bond acceptors (Lipinski definition) is 3. The van der Waals surface area contributed by atoms with Crippen molar-refractivity contribution in [2.45, 2.75) is 19.9 Å². The first-order valence-corrected chi connectivity index (χ1v) is 6.88. The molecule has 3 heteroatoms. The van der Waals surface area contributed by atoms with Crippen LogP contribution in [0.3, 0.4) is 0 Å². The second kappa shape index (κ2) is 6.76. The first-order chi connectivity index (χ1) is 8.83. The fourth-order valence-corrected chi connectivity index (χ4v) is 2.63. The number of para-hydroxylation sites is 1. The Morgan fingerprint density at radius 3 is 2.94 bits per heavy atom. The van der Waals surface area contributed by atoms with E-state index in [9.17, 15) is 0 Å². The zero-order chi connectivity index (χ0) is 12.8. The van der Waals surface area contributed by atoms with E-state index < -0.39 is 0 Å². The maximum absolute atomic E-state index is 5.35. The summed E-state index contributed by atoms with van der Waals surface area (Å²) in [6.45, 7) is 7.93. The molecule has 0 radical (unpaired) electrons. The molecule has 18 heavy (non-hydrogen) atoms. The summed E-state index contributed by atoms with van der Waals surface area (Å²) in [5.41, 5.74) is 1.24. The molecule has 0 aromatic heterocycles. The topological polar surface area (TPSA) is 24.5 Å². The van der Waals surface area contributed by atoms with Crippen LogP contribution in [-0.2, 0) is 6.54 Å². The number of nitrogens with zero attached hydrogens (tertiary/aromatic N) is 1. The molecule has 1 N–H and O–H groups in total. The van der Waals surface area contributed by atoms with Crippen LogP contribution in [0.25, 0.3) is 0 Å². The van der Waals surface area contributed by atoms with Crippen LogP contribution in [0.4, 0.5) is 0 Å². The Kier molecular flexibility index (Phi) is 5.02. The van der Waals surface area contributed by atoms with Crippen molar-refractivity contribution in [3.63, 3.8) is 0 Å². The van der Waals surface area contributed by atoms with Gasteiger partial charge < -0.3 is 15.0 Å². The van der Waals surface area contributed by atoms with Crippen molar-refractivity contribution in [3.05, 3.63) is 29.8 Å². The van der Waals surface area contributed by atoms with E-state index in [1.165, 1.54) is 31.6 Å². The Morgan fingerprint density at radius 1 is 1.39 bits per heavy atom. The molecule has 1 unspecified atom stereocenters. The van der Waals surface area contributed by atoms with Crippen molar-refractivity contribution in [1.29, 1.82) is 0 Å². The summed E-state index contributed by atoms with van der Waals surface area (Å²) in [4.78, 5) is 2.52. The van der Waals surface area contributed by atoms with Crippen molar-refractivity contribution >= 4 is 0 Å². The highest BCUT2D eigenvalue weighted by atomic mass is 16.5. The number of rotatable bonds is 6. The van der Waals surface area contributed by atoms with E-state index in [1.54, 1.807) is 7.11 Å². The van der Waals surface area contributed by atoms with Gasteiger partial charge in [-0.2, -0.15) is 0 Å². The fraction of sp³-hybridized carbons (Fsp3) is 0.600. The van der Waals surface area contributed by atoms with Gasteiger partial charge in [0.05, 0.1) is 7.11 Å². The first kappa shape index (κ1) is 13.4. The highest BCUT2D eigenvalue weighted by Gasteiger charge is 2.20. The molecule has 0 aliphatic carbocycles. The molecule has 1 fully saturated rings. The monoisotopic (exact) mass is 248 g/mol. The lowest BCUT2D eigenvalue weighted by molar-refractivity contribution is 0.338. The van der Waals surface area contributed by atoms with Crippen LogP contribution in [0, 0.1) is 5.92 Å². The highest BCUT2D eigenvalue weighted by molar-refractivity contribution is 5.32. The molecule has 0 bridgehead atoms. The molecule has 1 heterocycles. The van der Waals surface area contributed by atoms with Gasteiger partial charge in [0.2, 0.25) is 0 Å². The van der Waals surface area contributed by atoms with Gasteiger partial charge in [0.25, 0.3) is 0 Å². The summed E-state index contributed by atoms with van der Waals surface area (Å²) in [5.74, 6) is 1.78. The summed E-state index contributed by atoms with van der Waals surface area (Å²) in [6, 6.07) is 8.22. The van der Waals surface area contributed by atoms with E-state index in [0.717, 1.165) is 24.8 Å². The zero-order valence-electron chi connectivity index (χ0n) is 11.5. The van der Waals surface area contributed by atoms with E-state index in [2.05, 4.69) is 29.3 Å². The Balaban J connectivity index is 1.75. The number of benzene rings is 1. The molecule has 1 atom stereocenters. The van der Waals surface area contributed by atoms with E-state index in [-0.39, 0.29) is 0 Å². The number of nitrogens with one attached hydrogen (secondary N) is 1. The molecule has 3 nitrogen and oxygen atoms in total. The van der Waals surface area contributed by atoms with Gasteiger partial charge in [-0.15, -0.1) is 0 Å². The quantitative estimate of drug-likeness (QED) is 0.834. The third-order valence-electron chi connectivity index (χ3n) is 3.76. The summed E-state index contributed by atoms with van der Waals surface area (Å²) in [5, 5.41) is 3.56. The molecular formula is C15H24N2O. The van der Waals surface area contributed by atoms with Crippen molar-refractivity contribution in [2.24, 2.45) is 5.92 Å². The predicted octanol–water partition coefficient (Wildman–Crippen LogP) is 2.13. The SMILES string of the molecule is CCN1CCC(CNCc2ccccc2OC)C1. The smallest absolute Gasteiger partial charge is 0.123 e. The third kappa shape index (κ3) is 3.47. The van der Waals surface area contributed by atoms with Crippen LogP contribution in [0.5, 0.6) is 5.75 Å². The Bertz CT molecular complexity index is 367. The number of likely N-dealkylation sites (tertiary alicyclic amines) is 1. The third-order valence-corrected chi connectivity index (χ3v) is 3.76. The van der Waals surface area contributed by atoms with Crippen LogP contribution >= 0.6 is 0 Å². The highest BCUT2D eigenvalue weighted by Crippen LogP contribution is 2.18. The van der Waals surface area contributed by atoms with Crippen LogP contribution < -0.4 is 10.1 Å². The number of ether oxygens (including phenoxy) is 1. The molecule has 1 aromatic carbocycles. The minimum atomic E-state index is 0.805. The van der Waals surface area contributed by atoms with Gasteiger partial charge in [-0.25, -0.2) is 0 Å². The summed E-state index contributed by atoms with van der Waals surface area (Å²) in [7, 11) is 1.73. The predicted molar refractivity (Wildman–Crippen MR) is 74.9 cm³/mol. The molecular weight excluding hydrogens is 224 g/mol. The van der Waals surface area contributed by atoms with E-state index in [1.807, 2.05) is 12.1 Å². The molecule has 1 saturated heterocycles. The van der Waals surface area contributed by atoms with Gasteiger partial charge in [0, 0.05) is 18.7 Å². The molecule has 1 aliphatic rings. The molecule has 2 rings (SSSR count). The average Bonchev–Trinajstić information content (AvgIpc) is 2.87. The largest absolute Gasteiger partial charge is 0.496 e. The second-order valence-corrected chi connectivity index (χ2v) is 4.99. The van der Waals surface area contributed by atoms with Crippen LogP contribution in [0.1, 0.15) is 18.9 Å². The second-order valence-electron chi connectivity index (χ2n) is 4.99. The lowest BCUT2D eigenvalue weighted by Gasteiger charge is -2.14. The van der Waals surface area contributed by atoms with Crippen molar-refractivity contribution in [1.82, 2.24) is 10.2 Å². The van der Waals surface area contributed by atoms with Gasteiger partial charge in [-0.05, 0) is 38.0 Å². The maximum Gasteiger partial charge on any atom is 0.123 e. The first-order valence-electron chi connectivity index (χ1n) is 6.88. The van der Waals surface area contributed by atoms with Crippen molar-refractivity contribution in [3.8, 4) is 5.75 Å². The average molecular weight is 248 g/mol. The molecule has 0 spiro atoms. The van der Waals surface area contributed by atoms with Gasteiger partial charge >= 0.3 is 0 Å². The van der Waals surface area contributed by atoms with E-state index in [0.29, 0.717) is 0 Å². The lowest BCUT2D eigenvalue weighted by Crippen LogP contribution is -2.26. The van der Waals surface area contributed by atoms with Crippen LogP contribution in [0.2, 0.25) is 0 Å². The molecule has 1 aliphatic heterocycles. The lowest BCUT2D eigenvalue weighted by atomic mass is 10.1. The minimum absolute atomic E-state index is 0.805. The summed E-state index contributed by atoms with van der Waals surface area (Å²) >= 11 is 0. The normalized spacial score (nSPS) is 20.2. The van der Waals surface area contributed by atoms with Crippen molar-refractivity contribution < 1.29 is 4.74 Å². The summed E-state index contributed by atoms with van der Waals surface area (Å²) < 4.78 is 5.35. The molecule has 0 saturated carbocycles. The zero-order valence-corrected chi connectivity index (χ0v) is 11.5. The van der Waals surface area contributed by atoms with E-state index >= 15 is 0 Å². The number of methoxy groups -OCH3 is 1. The van der Waals surface area contributed by atoms with Gasteiger partial charge in [0.15, 0.2) is 0 Å². The van der Waals surface area contributed by atoms with Gasteiger partial charge in [-0.3, -0.25) is 0 Å². The molecule has 0 amide bonds. The van der Waals surface area contributed by atoms with Crippen LogP contribution in [0.15, 0.2) is 24.3 Å². The van der Waals surface area contributed by atoms with Crippen LogP contribution in [-0.4, -0.2) is 38.2 Å². The van der Waals surface area contributed by atoms with Gasteiger partial charge in [0.1, 0.15) is 5.75 Å². The van der Waals surface area contributed by atoms with Crippen molar-refractivity contribution in [2.75, 3.05) is 33.3 Å².